The highest BCUT2D eigenvalue weighted by Crippen LogP contribution is 2.31. The normalized spacial score (nSPS) is 12.9. The van der Waals surface area contributed by atoms with E-state index in [4.69, 9.17) is 9.97 Å². The second-order valence-electron chi connectivity index (χ2n) is 5.94. The van der Waals surface area contributed by atoms with Gasteiger partial charge in [-0.05, 0) is 31.4 Å². The lowest BCUT2D eigenvalue weighted by molar-refractivity contribution is 0.840. The summed E-state index contributed by atoms with van der Waals surface area (Å²) in [6, 6.07) is 3.90. The van der Waals surface area contributed by atoms with Crippen LogP contribution in [0, 0.1) is 0 Å². The summed E-state index contributed by atoms with van der Waals surface area (Å²) in [6.45, 7) is 0.674. The van der Waals surface area contributed by atoms with Crippen LogP contribution in [-0.2, 0) is 19.4 Å². The van der Waals surface area contributed by atoms with Gasteiger partial charge in [0.25, 0.3) is 0 Å². The van der Waals surface area contributed by atoms with Crippen LogP contribution in [0.3, 0.4) is 0 Å². The highest BCUT2D eigenvalue weighted by Gasteiger charge is 2.22. The number of aryl methyl sites for hydroxylation is 1. The van der Waals surface area contributed by atoms with Crippen molar-refractivity contribution < 1.29 is 0 Å². The molecule has 0 amide bonds. The molecule has 0 unspecified atom stereocenters. The Balaban J connectivity index is 1.73. The second-order valence-corrected chi connectivity index (χ2v) is 5.94. The molecule has 1 aliphatic carbocycles. The molecule has 24 heavy (non-hydrogen) atoms. The van der Waals surface area contributed by atoms with Crippen LogP contribution in [0.15, 0.2) is 43.1 Å². The van der Waals surface area contributed by atoms with Crippen molar-refractivity contribution in [2.75, 3.05) is 11.9 Å². The Kier molecular flexibility index (Phi) is 3.86. The summed E-state index contributed by atoms with van der Waals surface area (Å²) >= 11 is 0. The van der Waals surface area contributed by atoms with Gasteiger partial charge in [0.15, 0.2) is 5.82 Å². The molecule has 3 aromatic heterocycles. The van der Waals surface area contributed by atoms with E-state index in [0.717, 1.165) is 47.9 Å². The van der Waals surface area contributed by atoms with Crippen molar-refractivity contribution in [1.82, 2.24) is 24.9 Å². The van der Waals surface area contributed by atoms with Crippen LogP contribution in [-0.4, -0.2) is 32.0 Å². The number of hydrogen-bond donors (Lipinski definition) is 0. The predicted octanol–water partition coefficient (Wildman–Crippen LogP) is 2.45. The van der Waals surface area contributed by atoms with Crippen LogP contribution in [0.2, 0.25) is 0 Å². The molecule has 0 atom stereocenters. The predicted molar refractivity (Wildman–Crippen MR) is 91.4 cm³/mol. The van der Waals surface area contributed by atoms with Crippen LogP contribution in [0.5, 0.6) is 0 Å². The lowest BCUT2D eigenvalue weighted by atomic mass is 10.2. The van der Waals surface area contributed by atoms with Crippen molar-refractivity contribution in [1.29, 1.82) is 0 Å². The van der Waals surface area contributed by atoms with Crippen molar-refractivity contribution in [2.45, 2.75) is 25.8 Å². The topological polar surface area (TPSA) is 67.7 Å². The molecule has 3 aromatic rings. The van der Waals surface area contributed by atoms with E-state index in [0.29, 0.717) is 6.54 Å². The van der Waals surface area contributed by atoms with Crippen LogP contribution in [0.25, 0.3) is 11.4 Å². The molecule has 0 fully saturated rings. The number of anilines is 1. The summed E-state index contributed by atoms with van der Waals surface area (Å²) in [5.41, 5.74) is 4.35. The molecule has 0 saturated heterocycles. The van der Waals surface area contributed by atoms with E-state index < -0.39 is 0 Å². The molecular formula is C18H18N6. The van der Waals surface area contributed by atoms with Crippen LogP contribution < -0.4 is 4.90 Å². The van der Waals surface area contributed by atoms with E-state index in [9.17, 15) is 0 Å². The van der Waals surface area contributed by atoms with Gasteiger partial charge in [0, 0.05) is 48.7 Å². The number of fused-ring (bicyclic) bond motifs is 1. The molecule has 6 nitrogen and oxygen atoms in total. The number of pyridine rings is 1. The average molecular weight is 318 g/mol. The highest BCUT2D eigenvalue weighted by molar-refractivity contribution is 5.60. The number of aromatic nitrogens is 5. The van der Waals surface area contributed by atoms with E-state index >= 15 is 0 Å². The van der Waals surface area contributed by atoms with Crippen molar-refractivity contribution in [3.05, 3.63) is 60.1 Å². The summed E-state index contributed by atoms with van der Waals surface area (Å²) in [4.78, 5) is 24.3. The van der Waals surface area contributed by atoms with E-state index in [1.165, 1.54) is 5.56 Å². The Morgan fingerprint density at radius 1 is 1.00 bits per heavy atom. The first-order valence-electron chi connectivity index (χ1n) is 8.07. The molecule has 0 aliphatic heterocycles. The van der Waals surface area contributed by atoms with E-state index in [1.807, 2.05) is 19.2 Å². The second kappa shape index (κ2) is 6.31. The number of rotatable bonds is 4. The zero-order valence-electron chi connectivity index (χ0n) is 13.6. The number of hydrogen-bond acceptors (Lipinski definition) is 6. The van der Waals surface area contributed by atoms with Gasteiger partial charge < -0.3 is 4.90 Å². The third-order valence-corrected chi connectivity index (χ3v) is 4.23. The standard InChI is InChI=1S/C18H18N6/c1-24(12-14-11-20-9-10-21-14)18-15-3-2-4-16(15)22-17(23-18)13-5-7-19-8-6-13/h5-11H,2-4,12H2,1H3. The van der Waals surface area contributed by atoms with E-state index in [2.05, 4.69) is 19.9 Å². The summed E-state index contributed by atoms with van der Waals surface area (Å²) in [7, 11) is 2.05. The molecular weight excluding hydrogens is 300 g/mol. The lowest BCUT2D eigenvalue weighted by Gasteiger charge is -2.21. The summed E-state index contributed by atoms with van der Waals surface area (Å²) < 4.78 is 0. The van der Waals surface area contributed by atoms with Gasteiger partial charge >= 0.3 is 0 Å². The summed E-state index contributed by atoms with van der Waals surface area (Å²) in [5.74, 6) is 1.76. The van der Waals surface area contributed by atoms with Gasteiger partial charge in [-0.1, -0.05) is 0 Å². The monoisotopic (exact) mass is 318 g/mol. The summed E-state index contributed by atoms with van der Waals surface area (Å²) in [6.07, 6.45) is 11.9. The Hall–Kier alpha value is -2.89. The Bertz CT molecular complexity index is 835. The first-order chi connectivity index (χ1) is 11.8. The fourth-order valence-electron chi connectivity index (χ4n) is 3.09. The minimum Gasteiger partial charge on any atom is -0.353 e. The van der Waals surface area contributed by atoms with Crippen molar-refractivity contribution >= 4 is 5.82 Å². The third-order valence-electron chi connectivity index (χ3n) is 4.23. The van der Waals surface area contributed by atoms with Gasteiger partial charge in [0.2, 0.25) is 0 Å². The van der Waals surface area contributed by atoms with Gasteiger partial charge in [-0.15, -0.1) is 0 Å². The van der Waals surface area contributed by atoms with Gasteiger partial charge in [-0.25, -0.2) is 9.97 Å². The first kappa shape index (κ1) is 14.7. The molecule has 3 heterocycles. The summed E-state index contributed by atoms with van der Waals surface area (Å²) in [5, 5.41) is 0. The highest BCUT2D eigenvalue weighted by atomic mass is 15.2. The van der Waals surface area contributed by atoms with Crippen molar-refractivity contribution in [2.24, 2.45) is 0 Å². The molecule has 1 aliphatic rings. The van der Waals surface area contributed by atoms with Gasteiger partial charge in [0.1, 0.15) is 5.82 Å². The van der Waals surface area contributed by atoms with Crippen LogP contribution in [0.1, 0.15) is 23.4 Å². The van der Waals surface area contributed by atoms with E-state index in [1.54, 1.807) is 31.0 Å². The van der Waals surface area contributed by atoms with Crippen molar-refractivity contribution in [3.8, 4) is 11.4 Å². The Morgan fingerprint density at radius 2 is 1.88 bits per heavy atom. The molecule has 0 aromatic carbocycles. The molecule has 6 heteroatoms. The zero-order valence-corrected chi connectivity index (χ0v) is 13.6. The maximum absolute atomic E-state index is 4.85. The minimum atomic E-state index is 0.674. The average Bonchev–Trinajstić information content (AvgIpc) is 3.11. The van der Waals surface area contributed by atoms with Gasteiger partial charge in [-0.3, -0.25) is 15.0 Å². The van der Waals surface area contributed by atoms with Gasteiger partial charge in [0.05, 0.1) is 18.4 Å². The minimum absolute atomic E-state index is 0.674. The fraction of sp³-hybridized carbons (Fsp3) is 0.278. The third kappa shape index (κ3) is 2.82. The zero-order chi connectivity index (χ0) is 16.4. The molecule has 4 rings (SSSR count). The largest absolute Gasteiger partial charge is 0.353 e. The number of nitrogens with zero attached hydrogens (tertiary/aromatic N) is 6. The van der Waals surface area contributed by atoms with E-state index in [-0.39, 0.29) is 0 Å². The maximum Gasteiger partial charge on any atom is 0.161 e. The van der Waals surface area contributed by atoms with Crippen LogP contribution in [0.4, 0.5) is 5.82 Å². The Morgan fingerprint density at radius 3 is 2.67 bits per heavy atom. The molecule has 0 N–H and O–H groups in total. The van der Waals surface area contributed by atoms with Gasteiger partial charge in [-0.2, -0.15) is 0 Å². The molecule has 0 bridgehead atoms. The molecule has 0 saturated carbocycles. The molecule has 120 valence electrons. The molecule has 0 radical (unpaired) electrons. The fourth-order valence-corrected chi connectivity index (χ4v) is 3.09. The van der Waals surface area contributed by atoms with Crippen molar-refractivity contribution in [3.63, 3.8) is 0 Å². The Labute approximate surface area is 140 Å². The SMILES string of the molecule is CN(Cc1cnccn1)c1nc(-c2ccncc2)nc2c1CCC2. The smallest absolute Gasteiger partial charge is 0.161 e. The van der Waals surface area contributed by atoms with Crippen LogP contribution >= 0.6 is 0 Å². The first-order valence-corrected chi connectivity index (χ1v) is 8.07. The quantitative estimate of drug-likeness (QED) is 0.736. The maximum atomic E-state index is 4.85. The molecule has 0 spiro atoms. The lowest BCUT2D eigenvalue weighted by Crippen LogP contribution is -2.21.